The van der Waals surface area contributed by atoms with E-state index in [0.717, 1.165) is 11.5 Å². The van der Waals surface area contributed by atoms with Crippen molar-refractivity contribution >= 4 is 21.6 Å². The van der Waals surface area contributed by atoms with Gasteiger partial charge in [0.2, 0.25) is 0 Å². The molecule has 0 amide bonds. The van der Waals surface area contributed by atoms with Gasteiger partial charge in [0.05, 0.1) is 22.3 Å². The molecule has 0 spiro atoms. The minimum Gasteiger partial charge on any atom is -0.468 e. The molecule has 26 heavy (non-hydrogen) atoms. The number of furan rings is 2. The van der Waals surface area contributed by atoms with Crippen molar-refractivity contribution in [3.63, 3.8) is 0 Å². The van der Waals surface area contributed by atoms with E-state index in [-0.39, 0.29) is 0 Å². The molecule has 0 N–H and O–H groups in total. The molecule has 2 aliphatic rings. The van der Waals surface area contributed by atoms with Crippen LogP contribution in [0.3, 0.4) is 0 Å². The average molecular weight is 391 g/mol. The predicted octanol–water partition coefficient (Wildman–Crippen LogP) is 8.38. The van der Waals surface area contributed by atoms with Crippen LogP contribution in [0, 0.1) is 13.8 Å². The van der Waals surface area contributed by atoms with E-state index in [0.29, 0.717) is 11.8 Å². The largest absolute Gasteiger partial charge is 0.468 e. The molecule has 2 aromatic rings. The minimum atomic E-state index is 0.688. The molecule has 142 valence electrons. The first-order valence-corrected chi connectivity index (χ1v) is 12.4. The van der Waals surface area contributed by atoms with Gasteiger partial charge in [-0.05, 0) is 73.0 Å². The zero-order valence-electron chi connectivity index (χ0n) is 16.0. The zero-order chi connectivity index (χ0) is 17.9. The molecule has 2 nitrogen and oxygen atoms in total. The SMILES string of the molecule is Cc1occ(C2CCCCC2)c1SSc1c(C2CCCCC2)coc1C. The van der Waals surface area contributed by atoms with E-state index in [1.165, 1.54) is 85.1 Å². The molecule has 2 heterocycles. The summed E-state index contributed by atoms with van der Waals surface area (Å²) in [6.07, 6.45) is 17.5. The first-order valence-electron chi connectivity index (χ1n) is 10.2. The van der Waals surface area contributed by atoms with Crippen molar-refractivity contribution in [3.8, 4) is 0 Å². The first-order chi connectivity index (χ1) is 12.7. The molecule has 0 radical (unpaired) electrons. The maximum atomic E-state index is 5.84. The van der Waals surface area contributed by atoms with E-state index in [4.69, 9.17) is 8.83 Å². The lowest BCUT2D eigenvalue weighted by Crippen LogP contribution is -2.04. The Morgan fingerprint density at radius 1 is 0.654 bits per heavy atom. The summed E-state index contributed by atoms with van der Waals surface area (Å²) in [7, 11) is 3.77. The lowest BCUT2D eigenvalue weighted by molar-refractivity contribution is 0.436. The highest BCUT2D eigenvalue weighted by Gasteiger charge is 2.25. The van der Waals surface area contributed by atoms with E-state index >= 15 is 0 Å². The summed E-state index contributed by atoms with van der Waals surface area (Å²) >= 11 is 0. The van der Waals surface area contributed by atoms with Crippen LogP contribution in [-0.2, 0) is 0 Å². The third-order valence-corrected chi connectivity index (χ3v) is 8.90. The number of hydrogen-bond donors (Lipinski definition) is 0. The van der Waals surface area contributed by atoms with E-state index in [1.807, 2.05) is 34.1 Å². The van der Waals surface area contributed by atoms with E-state index < -0.39 is 0 Å². The summed E-state index contributed by atoms with van der Waals surface area (Å²) in [6.45, 7) is 4.22. The highest BCUT2D eigenvalue weighted by atomic mass is 33.1. The van der Waals surface area contributed by atoms with E-state index in [2.05, 4.69) is 13.8 Å². The summed E-state index contributed by atoms with van der Waals surface area (Å²) in [5, 5.41) is 0. The predicted molar refractivity (Wildman–Crippen MR) is 110 cm³/mol. The Hall–Kier alpha value is -0.740. The molecule has 4 rings (SSSR count). The molecule has 2 saturated carbocycles. The number of rotatable bonds is 5. The van der Waals surface area contributed by atoms with Crippen LogP contribution in [0.15, 0.2) is 31.2 Å². The van der Waals surface area contributed by atoms with Gasteiger partial charge in [-0.1, -0.05) is 38.5 Å². The van der Waals surface area contributed by atoms with Gasteiger partial charge in [-0.3, -0.25) is 0 Å². The second kappa shape index (κ2) is 8.52. The zero-order valence-corrected chi connectivity index (χ0v) is 17.6. The molecule has 4 heteroatoms. The van der Waals surface area contributed by atoms with Gasteiger partial charge < -0.3 is 8.83 Å². The van der Waals surface area contributed by atoms with Gasteiger partial charge >= 0.3 is 0 Å². The van der Waals surface area contributed by atoms with Crippen molar-refractivity contribution in [2.24, 2.45) is 0 Å². The van der Waals surface area contributed by atoms with Crippen LogP contribution in [0.2, 0.25) is 0 Å². The first kappa shape index (κ1) is 18.6. The Bertz CT molecular complexity index is 656. The summed E-state index contributed by atoms with van der Waals surface area (Å²) < 4.78 is 11.7. The van der Waals surface area contributed by atoms with Crippen LogP contribution in [0.4, 0.5) is 0 Å². The summed E-state index contributed by atoms with van der Waals surface area (Å²) in [5.74, 6) is 3.52. The molecule has 0 unspecified atom stereocenters. The molecular formula is C22H30O2S2. The highest BCUT2D eigenvalue weighted by molar-refractivity contribution is 8.76. The minimum absolute atomic E-state index is 0.688. The quantitative estimate of drug-likeness (QED) is 0.479. The summed E-state index contributed by atoms with van der Waals surface area (Å²) in [6, 6.07) is 0. The molecular weight excluding hydrogens is 360 g/mol. The highest BCUT2D eigenvalue weighted by Crippen LogP contribution is 2.50. The Kier molecular flexibility index (Phi) is 6.10. The van der Waals surface area contributed by atoms with Crippen molar-refractivity contribution in [2.75, 3.05) is 0 Å². The third kappa shape index (κ3) is 3.91. The topological polar surface area (TPSA) is 26.3 Å². The maximum absolute atomic E-state index is 5.84. The van der Waals surface area contributed by atoms with Crippen LogP contribution in [0.25, 0.3) is 0 Å². The van der Waals surface area contributed by atoms with Gasteiger partial charge in [0.15, 0.2) is 0 Å². The fourth-order valence-corrected chi connectivity index (χ4v) is 7.51. The van der Waals surface area contributed by atoms with E-state index in [1.54, 1.807) is 0 Å². The average Bonchev–Trinajstić information content (AvgIpc) is 3.24. The molecule has 2 aromatic heterocycles. The molecule has 0 saturated heterocycles. The standard InChI is InChI=1S/C22H30O2S2/c1-15-21(19(13-23-15)17-9-5-3-6-10-17)25-26-22-16(2)24-14-20(22)18-11-7-4-8-12-18/h13-14,17-18H,3-12H2,1-2H3. The van der Waals surface area contributed by atoms with Crippen molar-refractivity contribution < 1.29 is 8.83 Å². The van der Waals surface area contributed by atoms with Crippen LogP contribution in [0.1, 0.15) is 98.7 Å². The van der Waals surface area contributed by atoms with Crippen LogP contribution < -0.4 is 0 Å². The fraction of sp³-hybridized carbons (Fsp3) is 0.636. The molecule has 0 atom stereocenters. The van der Waals surface area contributed by atoms with Crippen molar-refractivity contribution in [3.05, 3.63) is 35.2 Å². The second-order valence-corrected chi connectivity index (χ2v) is 10.1. The number of hydrogen-bond acceptors (Lipinski definition) is 4. The Morgan fingerprint density at radius 3 is 1.42 bits per heavy atom. The maximum Gasteiger partial charge on any atom is 0.115 e. The van der Waals surface area contributed by atoms with Crippen molar-refractivity contribution in [1.29, 1.82) is 0 Å². The molecule has 2 fully saturated rings. The van der Waals surface area contributed by atoms with E-state index in [9.17, 15) is 0 Å². The lowest BCUT2D eigenvalue weighted by atomic mass is 9.85. The smallest absolute Gasteiger partial charge is 0.115 e. The van der Waals surface area contributed by atoms with Gasteiger partial charge in [0.1, 0.15) is 11.5 Å². The van der Waals surface area contributed by atoms with Crippen LogP contribution in [-0.4, -0.2) is 0 Å². The van der Waals surface area contributed by atoms with Gasteiger partial charge in [-0.25, -0.2) is 0 Å². The lowest BCUT2D eigenvalue weighted by Gasteiger charge is -2.22. The van der Waals surface area contributed by atoms with Gasteiger partial charge in [-0.15, -0.1) is 0 Å². The molecule has 2 aliphatic carbocycles. The fourth-order valence-electron chi connectivity index (χ4n) is 4.61. The normalized spacial score (nSPS) is 19.9. The summed E-state index contributed by atoms with van der Waals surface area (Å²) in [4.78, 5) is 2.72. The molecule has 0 bridgehead atoms. The van der Waals surface area contributed by atoms with Crippen LogP contribution >= 0.6 is 21.6 Å². The monoisotopic (exact) mass is 390 g/mol. The third-order valence-electron chi connectivity index (χ3n) is 6.19. The van der Waals surface area contributed by atoms with Gasteiger partial charge in [0.25, 0.3) is 0 Å². The Labute approximate surface area is 165 Å². The Balaban J connectivity index is 1.51. The van der Waals surface area contributed by atoms with Crippen molar-refractivity contribution in [2.45, 2.75) is 99.7 Å². The summed E-state index contributed by atoms with van der Waals surface area (Å²) in [5.41, 5.74) is 2.89. The van der Waals surface area contributed by atoms with Crippen molar-refractivity contribution in [1.82, 2.24) is 0 Å². The second-order valence-electron chi connectivity index (χ2n) is 7.99. The van der Waals surface area contributed by atoms with Gasteiger partial charge in [-0.2, -0.15) is 0 Å². The Morgan fingerprint density at radius 2 is 1.04 bits per heavy atom. The molecule has 0 aliphatic heterocycles. The van der Waals surface area contributed by atoms with Crippen LogP contribution in [0.5, 0.6) is 0 Å². The molecule has 0 aromatic carbocycles. The number of aryl methyl sites for hydroxylation is 2. The van der Waals surface area contributed by atoms with Gasteiger partial charge in [0, 0.05) is 11.1 Å².